The van der Waals surface area contributed by atoms with Crippen LogP contribution in [-0.2, 0) is 4.79 Å². The lowest BCUT2D eigenvalue weighted by Crippen LogP contribution is -2.04. The summed E-state index contributed by atoms with van der Waals surface area (Å²) in [6.45, 7) is 2.21. The fraction of sp³-hybridized carbons (Fsp3) is 0.438. The molecule has 0 aromatic heterocycles. The second-order valence-electron chi connectivity index (χ2n) is 4.83. The number of rotatable bonds is 5. The molecule has 1 atom stereocenters. The summed E-state index contributed by atoms with van der Waals surface area (Å²) in [5, 5.41) is 0. The molecule has 1 aromatic carbocycles. The highest BCUT2D eigenvalue weighted by Crippen LogP contribution is 2.33. The van der Waals surface area contributed by atoms with E-state index in [0.29, 0.717) is 5.78 Å². The lowest BCUT2D eigenvalue weighted by atomic mass is 9.94. The minimum Gasteiger partial charge on any atom is -0.294 e. The van der Waals surface area contributed by atoms with Gasteiger partial charge >= 0.3 is 0 Å². The number of carbonyl (C=O) groups is 1. The van der Waals surface area contributed by atoms with Crippen molar-refractivity contribution in [2.45, 2.75) is 44.9 Å². The zero-order valence-corrected chi connectivity index (χ0v) is 10.5. The maximum atomic E-state index is 11.9. The molecule has 1 nitrogen and oxygen atoms in total. The molecular weight excluding hydrogens is 208 g/mol. The standard InChI is InChI=1S/C16H20O/c1-2-3-5-8-13-11-15(16(17)12-13)14-9-6-4-7-10-14/h4,6-7,9-10,12,15H,2-3,5,8,11H2,1H3. The average molecular weight is 228 g/mol. The van der Waals surface area contributed by atoms with Gasteiger partial charge in [0.25, 0.3) is 0 Å². The summed E-state index contributed by atoms with van der Waals surface area (Å²) < 4.78 is 0. The molecule has 0 bridgehead atoms. The van der Waals surface area contributed by atoms with Gasteiger partial charge in [-0.1, -0.05) is 55.7 Å². The van der Waals surface area contributed by atoms with E-state index in [1.165, 1.54) is 30.4 Å². The van der Waals surface area contributed by atoms with Gasteiger partial charge in [-0.15, -0.1) is 0 Å². The van der Waals surface area contributed by atoms with Crippen LogP contribution in [0.25, 0.3) is 0 Å². The van der Waals surface area contributed by atoms with E-state index in [2.05, 4.69) is 19.1 Å². The molecule has 1 aliphatic carbocycles. The van der Waals surface area contributed by atoms with Gasteiger partial charge < -0.3 is 0 Å². The molecule has 0 radical (unpaired) electrons. The number of unbranched alkanes of at least 4 members (excludes halogenated alkanes) is 2. The quantitative estimate of drug-likeness (QED) is 0.688. The topological polar surface area (TPSA) is 17.1 Å². The van der Waals surface area contributed by atoms with Gasteiger partial charge in [0.1, 0.15) is 0 Å². The molecule has 0 saturated carbocycles. The Bertz CT molecular complexity index is 403. The van der Waals surface area contributed by atoms with Crippen LogP contribution in [0.1, 0.15) is 50.5 Å². The van der Waals surface area contributed by atoms with Crippen molar-refractivity contribution in [3.05, 3.63) is 47.5 Å². The minimum atomic E-state index is 0.0906. The molecule has 1 heteroatoms. The molecule has 1 unspecified atom stereocenters. The third-order valence-electron chi connectivity index (χ3n) is 3.46. The Hall–Kier alpha value is -1.37. The van der Waals surface area contributed by atoms with Crippen molar-refractivity contribution in [1.82, 2.24) is 0 Å². The summed E-state index contributed by atoms with van der Waals surface area (Å²) in [7, 11) is 0. The molecule has 2 rings (SSSR count). The maximum Gasteiger partial charge on any atom is 0.163 e. The Labute approximate surface area is 104 Å². The van der Waals surface area contributed by atoms with Crippen molar-refractivity contribution in [3.63, 3.8) is 0 Å². The smallest absolute Gasteiger partial charge is 0.163 e. The minimum absolute atomic E-state index is 0.0906. The molecule has 0 saturated heterocycles. The molecule has 1 aliphatic rings. The van der Waals surface area contributed by atoms with Gasteiger partial charge in [-0.3, -0.25) is 4.79 Å². The number of hydrogen-bond donors (Lipinski definition) is 0. The number of ketones is 1. The Morgan fingerprint density at radius 1 is 1.18 bits per heavy atom. The van der Waals surface area contributed by atoms with Crippen LogP contribution in [0.2, 0.25) is 0 Å². The van der Waals surface area contributed by atoms with Crippen molar-refractivity contribution in [3.8, 4) is 0 Å². The zero-order valence-electron chi connectivity index (χ0n) is 10.5. The first-order valence-electron chi connectivity index (χ1n) is 6.59. The fourth-order valence-electron chi connectivity index (χ4n) is 2.47. The van der Waals surface area contributed by atoms with Crippen molar-refractivity contribution in [2.75, 3.05) is 0 Å². The van der Waals surface area contributed by atoms with E-state index in [-0.39, 0.29) is 5.92 Å². The third-order valence-corrected chi connectivity index (χ3v) is 3.46. The normalized spacial score (nSPS) is 19.5. The van der Waals surface area contributed by atoms with Gasteiger partial charge in [0, 0.05) is 0 Å². The molecule has 0 aliphatic heterocycles. The molecular formula is C16H20O. The Kier molecular flexibility index (Phi) is 4.13. The molecule has 17 heavy (non-hydrogen) atoms. The molecule has 0 spiro atoms. The second-order valence-corrected chi connectivity index (χ2v) is 4.83. The lowest BCUT2D eigenvalue weighted by molar-refractivity contribution is -0.115. The molecule has 0 heterocycles. The van der Waals surface area contributed by atoms with Gasteiger partial charge in [0.15, 0.2) is 5.78 Å². The van der Waals surface area contributed by atoms with E-state index in [9.17, 15) is 4.79 Å². The lowest BCUT2D eigenvalue weighted by Gasteiger charge is -2.09. The summed E-state index contributed by atoms with van der Waals surface area (Å²) in [6, 6.07) is 10.1. The van der Waals surface area contributed by atoms with Gasteiger partial charge in [0.2, 0.25) is 0 Å². The van der Waals surface area contributed by atoms with Gasteiger partial charge in [-0.05, 0) is 30.9 Å². The summed E-state index contributed by atoms with van der Waals surface area (Å²) in [6.07, 6.45) is 7.64. The Balaban J connectivity index is 1.95. The van der Waals surface area contributed by atoms with Crippen LogP contribution in [0.15, 0.2) is 42.0 Å². The maximum absolute atomic E-state index is 11.9. The van der Waals surface area contributed by atoms with Crippen molar-refractivity contribution < 1.29 is 4.79 Å². The summed E-state index contributed by atoms with van der Waals surface area (Å²) in [5.41, 5.74) is 2.51. The molecule has 1 aromatic rings. The largest absolute Gasteiger partial charge is 0.294 e. The fourth-order valence-corrected chi connectivity index (χ4v) is 2.47. The number of benzene rings is 1. The third kappa shape index (κ3) is 3.06. The Morgan fingerprint density at radius 3 is 2.65 bits per heavy atom. The highest BCUT2D eigenvalue weighted by atomic mass is 16.1. The molecule has 0 N–H and O–H groups in total. The van der Waals surface area contributed by atoms with Gasteiger partial charge in [-0.25, -0.2) is 0 Å². The molecule has 0 amide bonds. The van der Waals surface area contributed by atoms with Crippen LogP contribution in [-0.4, -0.2) is 5.78 Å². The van der Waals surface area contributed by atoms with Crippen LogP contribution in [0.4, 0.5) is 0 Å². The van der Waals surface area contributed by atoms with E-state index in [4.69, 9.17) is 0 Å². The first kappa shape index (κ1) is 12.1. The molecule has 90 valence electrons. The van der Waals surface area contributed by atoms with Crippen molar-refractivity contribution in [2.24, 2.45) is 0 Å². The number of allylic oxidation sites excluding steroid dienone is 2. The predicted molar refractivity (Wildman–Crippen MR) is 71.0 cm³/mol. The summed E-state index contributed by atoms with van der Waals surface area (Å²) in [5.74, 6) is 0.385. The van der Waals surface area contributed by atoms with E-state index < -0.39 is 0 Å². The van der Waals surface area contributed by atoms with Crippen LogP contribution in [0, 0.1) is 0 Å². The van der Waals surface area contributed by atoms with E-state index >= 15 is 0 Å². The van der Waals surface area contributed by atoms with E-state index in [1.54, 1.807) is 0 Å². The number of carbonyl (C=O) groups excluding carboxylic acids is 1. The van der Waals surface area contributed by atoms with Crippen LogP contribution in [0.3, 0.4) is 0 Å². The van der Waals surface area contributed by atoms with E-state index in [0.717, 1.165) is 12.8 Å². The zero-order chi connectivity index (χ0) is 12.1. The van der Waals surface area contributed by atoms with Gasteiger partial charge in [0.05, 0.1) is 5.92 Å². The molecule has 0 fully saturated rings. The number of hydrogen-bond acceptors (Lipinski definition) is 1. The SMILES string of the molecule is CCCCCC1=CC(=O)C(c2ccccc2)C1. The Morgan fingerprint density at radius 2 is 1.94 bits per heavy atom. The van der Waals surface area contributed by atoms with Crippen LogP contribution in [0.5, 0.6) is 0 Å². The van der Waals surface area contributed by atoms with Crippen LogP contribution < -0.4 is 0 Å². The highest BCUT2D eigenvalue weighted by Gasteiger charge is 2.25. The second kappa shape index (κ2) is 5.81. The first-order valence-corrected chi connectivity index (χ1v) is 6.59. The van der Waals surface area contributed by atoms with Crippen LogP contribution >= 0.6 is 0 Å². The first-order chi connectivity index (χ1) is 8.31. The van der Waals surface area contributed by atoms with Gasteiger partial charge in [-0.2, -0.15) is 0 Å². The highest BCUT2D eigenvalue weighted by molar-refractivity contribution is 5.98. The summed E-state index contributed by atoms with van der Waals surface area (Å²) >= 11 is 0. The van der Waals surface area contributed by atoms with E-state index in [1.807, 2.05) is 24.3 Å². The summed E-state index contributed by atoms with van der Waals surface area (Å²) in [4.78, 5) is 11.9. The monoisotopic (exact) mass is 228 g/mol. The average Bonchev–Trinajstić information content (AvgIpc) is 2.72. The predicted octanol–water partition coefficient (Wildman–Crippen LogP) is 4.25. The van der Waals surface area contributed by atoms with Crippen molar-refractivity contribution >= 4 is 5.78 Å². The van der Waals surface area contributed by atoms with Crippen molar-refractivity contribution in [1.29, 1.82) is 0 Å².